The normalized spacial score (nSPS) is 18.1. The minimum absolute atomic E-state index is 0.0673. The van der Waals surface area contributed by atoms with E-state index >= 15 is 0 Å². The van der Waals surface area contributed by atoms with Crippen molar-refractivity contribution in [1.29, 1.82) is 0 Å². The second-order valence-corrected chi connectivity index (χ2v) is 6.55. The molecule has 1 aromatic rings. The van der Waals surface area contributed by atoms with E-state index in [-0.39, 0.29) is 35.2 Å². The molecule has 22 heavy (non-hydrogen) atoms. The van der Waals surface area contributed by atoms with Crippen LogP contribution in [0, 0.1) is 6.92 Å². The fraction of sp³-hybridized carbons (Fsp3) is 0.571. The van der Waals surface area contributed by atoms with Gasteiger partial charge < -0.3 is 15.2 Å². The molecule has 0 aromatic carbocycles. The van der Waals surface area contributed by atoms with Gasteiger partial charge in [-0.05, 0) is 20.8 Å². The fourth-order valence-electron chi connectivity index (χ4n) is 2.35. The van der Waals surface area contributed by atoms with Crippen LogP contribution in [0.15, 0.2) is 16.0 Å². The van der Waals surface area contributed by atoms with Gasteiger partial charge in [0.05, 0.1) is 11.8 Å². The first-order chi connectivity index (χ1) is 10.3. The highest BCUT2D eigenvalue weighted by Crippen LogP contribution is 2.15. The Morgan fingerprint density at radius 3 is 2.86 bits per heavy atom. The number of hydrogen-bond acceptors (Lipinski definition) is 5. The van der Waals surface area contributed by atoms with Crippen molar-refractivity contribution in [1.82, 2.24) is 20.2 Å². The summed E-state index contributed by atoms with van der Waals surface area (Å²) in [6.07, 6.45) is 0.341. The van der Waals surface area contributed by atoms with Crippen molar-refractivity contribution < 1.29 is 9.59 Å². The number of carbonyl (C=O) groups excluding carboxylic acids is 2. The van der Waals surface area contributed by atoms with E-state index in [1.165, 1.54) is 17.8 Å². The lowest BCUT2D eigenvalue weighted by Crippen LogP contribution is -2.39. The summed E-state index contributed by atoms with van der Waals surface area (Å²) in [5, 5.41) is 3.27. The third-order valence-corrected chi connectivity index (χ3v) is 4.21. The third-order valence-electron chi connectivity index (χ3n) is 3.33. The highest BCUT2D eigenvalue weighted by molar-refractivity contribution is 7.99. The number of likely N-dealkylation sites (tertiary alicyclic amines) is 1. The summed E-state index contributed by atoms with van der Waals surface area (Å²) in [4.78, 5) is 43.5. The summed E-state index contributed by atoms with van der Waals surface area (Å²) in [5.74, 6) is 0.0499. The molecule has 120 valence electrons. The van der Waals surface area contributed by atoms with Crippen molar-refractivity contribution in [2.45, 2.75) is 44.4 Å². The Labute approximate surface area is 132 Å². The van der Waals surface area contributed by atoms with Gasteiger partial charge in [0, 0.05) is 30.8 Å². The Kier molecular flexibility index (Phi) is 5.23. The van der Waals surface area contributed by atoms with Crippen LogP contribution in [0.5, 0.6) is 0 Å². The lowest BCUT2D eigenvalue weighted by atomic mass is 10.2. The number of hydrogen-bond donors (Lipinski definition) is 2. The van der Waals surface area contributed by atoms with E-state index < -0.39 is 0 Å². The second kappa shape index (κ2) is 6.95. The minimum Gasteiger partial charge on any atom is -0.350 e. The van der Waals surface area contributed by atoms with Crippen molar-refractivity contribution in [2.24, 2.45) is 0 Å². The Balaban J connectivity index is 1.84. The molecule has 0 aliphatic carbocycles. The fourth-order valence-corrected chi connectivity index (χ4v) is 3.08. The minimum atomic E-state index is -0.232. The average molecular weight is 324 g/mol. The molecule has 0 unspecified atom stereocenters. The van der Waals surface area contributed by atoms with E-state index in [2.05, 4.69) is 15.3 Å². The molecule has 8 heteroatoms. The van der Waals surface area contributed by atoms with Crippen LogP contribution in [-0.2, 0) is 9.59 Å². The SMILES string of the molecule is Cc1cc(=O)[nH]c(SCC(=O)N[C@H]2CC(=O)N(C(C)C)C2)n1. The van der Waals surface area contributed by atoms with E-state index in [1.807, 2.05) is 13.8 Å². The maximum Gasteiger partial charge on any atom is 0.251 e. The Morgan fingerprint density at radius 2 is 2.27 bits per heavy atom. The summed E-state index contributed by atoms with van der Waals surface area (Å²) >= 11 is 1.17. The molecule has 2 N–H and O–H groups in total. The van der Waals surface area contributed by atoms with Crippen LogP contribution in [0.1, 0.15) is 26.0 Å². The maximum absolute atomic E-state index is 11.9. The Hall–Kier alpha value is -1.83. The molecular weight excluding hydrogens is 304 g/mol. The smallest absolute Gasteiger partial charge is 0.251 e. The van der Waals surface area contributed by atoms with Crippen molar-refractivity contribution >= 4 is 23.6 Å². The number of thioether (sulfide) groups is 1. The van der Waals surface area contributed by atoms with E-state index in [9.17, 15) is 14.4 Å². The molecule has 1 aliphatic rings. The summed E-state index contributed by atoms with van der Waals surface area (Å²) < 4.78 is 0. The molecule has 1 aromatic heterocycles. The summed E-state index contributed by atoms with van der Waals surface area (Å²) in [7, 11) is 0. The third kappa shape index (κ3) is 4.33. The van der Waals surface area contributed by atoms with Gasteiger partial charge in [-0.15, -0.1) is 0 Å². The van der Waals surface area contributed by atoms with Crippen LogP contribution >= 0.6 is 11.8 Å². The Bertz CT molecular complexity index is 629. The van der Waals surface area contributed by atoms with Crippen molar-refractivity contribution in [3.05, 3.63) is 22.1 Å². The van der Waals surface area contributed by atoms with Gasteiger partial charge in [-0.2, -0.15) is 0 Å². The second-order valence-electron chi connectivity index (χ2n) is 5.59. The topological polar surface area (TPSA) is 95.2 Å². The van der Waals surface area contributed by atoms with Crippen molar-refractivity contribution in [3.8, 4) is 0 Å². The number of aromatic nitrogens is 2. The quantitative estimate of drug-likeness (QED) is 0.600. The molecular formula is C14H20N4O3S. The standard InChI is InChI=1S/C14H20N4O3S/c1-8(2)18-6-10(5-13(18)21)16-12(20)7-22-14-15-9(3)4-11(19)17-14/h4,8,10H,5-7H2,1-3H3,(H,16,20)(H,15,17,19)/t10-/m0/s1. The molecule has 2 rings (SSSR count). The molecule has 0 bridgehead atoms. The largest absolute Gasteiger partial charge is 0.350 e. The number of H-pyrrole nitrogens is 1. The first kappa shape index (κ1) is 16.5. The molecule has 1 saturated heterocycles. The van der Waals surface area contributed by atoms with Gasteiger partial charge in [0.2, 0.25) is 11.8 Å². The molecule has 0 saturated carbocycles. The molecule has 0 spiro atoms. The van der Waals surface area contributed by atoms with Crippen LogP contribution in [0.25, 0.3) is 0 Å². The van der Waals surface area contributed by atoms with Gasteiger partial charge in [-0.1, -0.05) is 11.8 Å². The number of aromatic amines is 1. The maximum atomic E-state index is 11.9. The highest BCUT2D eigenvalue weighted by Gasteiger charge is 2.31. The van der Waals surface area contributed by atoms with Gasteiger partial charge in [0.25, 0.3) is 5.56 Å². The zero-order valence-electron chi connectivity index (χ0n) is 12.9. The zero-order chi connectivity index (χ0) is 16.3. The van der Waals surface area contributed by atoms with Crippen LogP contribution < -0.4 is 10.9 Å². The lowest BCUT2D eigenvalue weighted by Gasteiger charge is -2.21. The van der Waals surface area contributed by atoms with Gasteiger partial charge in [-0.3, -0.25) is 14.4 Å². The summed E-state index contributed by atoms with van der Waals surface area (Å²) in [5.41, 5.74) is 0.380. The number of carbonyl (C=O) groups is 2. The highest BCUT2D eigenvalue weighted by atomic mass is 32.2. The summed E-state index contributed by atoms with van der Waals surface area (Å²) in [6, 6.07) is 1.40. The number of aryl methyl sites for hydroxylation is 1. The van der Waals surface area contributed by atoms with Crippen LogP contribution in [0.3, 0.4) is 0 Å². The number of amides is 2. The number of nitrogens with one attached hydrogen (secondary N) is 2. The van der Waals surface area contributed by atoms with Crippen molar-refractivity contribution in [3.63, 3.8) is 0 Å². The molecule has 0 radical (unpaired) electrons. The monoisotopic (exact) mass is 324 g/mol. The number of rotatable bonds is 5. The predicted molar refractivity (Wildman–Crippen MR) is 83.7 cm³/mol. The first-order valence-corrected chi connectivity index (χ1v) is 8.13. The zero-order valence-corrected chi connectivity index (χ0v) is 13.7. The molecule has 1 aliphatic heterocycles. The van der Waals surface area contributed by atoms with Gasteiger partial charge in [0.1, 0.15) is 0 Å². The predicted octanol–water partition coefficient (Wildman–Crippen LogP) is 0.296. The lowest BCUT2D eigenvalue weighted by molar-refractivity contribution is -0.129. The van der Waals surface area contributed by atoms with E-state index in [1.54, 1.807) is 11.8 Å². The molecule has 7 nitrogen and oxygen atoms in total. The molecule has 2 heterocycles. The Morgan fingerprint density at radius 1 is 1.55 bits per heavy atom. The molecule has 2 amide bonds. The van der Waals surface area contributed by atoms with Crippen LogP contribution in [0.4, 0.5) is 0 Å². The summed E-state index contributed by atoms with van der Waals surface area (Å²) in [6.45, 7) is 6.19. The first-order valence-electron chi connectivity index (χ1n) is 7.14. The average Bonchev–Trinajstić information content (AvgIpc) is 2.76. The van der Waals surface area contributed by atoms with Crippen LogP contribution in [-0.4, -0.2) is 51.1 Å². The van der Waals surface area contributed by atoms with Gasteiger partial charge >= 0.3 is 0 Å². The van der Waals surface area contributed by atoms with Crippen LogP contribution in [0.2, 0.25) is 0 Å². The number of nitrogens with zero attached hydrogens (tertiary/aromatic N) is 2. The van der Waals surface area contributed by atoms with Gasteiger partial charge in [-0.25, -0.2) is 4.98 Å². The van der Waals surface area contributed by atoms with Gasteiger partial charge in [0.15, 0.2) is 5.16 Å². The molecule has 1 fully saturated rings. The van der Waals surface area contributed by atoms with E-state index in [0.29, 0.717) is 23.8 Å². The molecule has 1 atom stereocenters. The van der Waals surface area contributed by atoms with E-state index in [4.69, 9.17) is 0 Å². The van der Waals surface area contributed by atoms with E-state index in [0.717, 1.165) is 0 Å². The van der Waals surface area contributed by atoms with Crippen molar-refractivity contribution in [2.75, 3.05) is 12.3 Å².